The van der Waals surface area contributed by atoms with E-state index in [-0.39, 0.29) is 37.2 Å². The number of imide groups is 1. The Kier molecular flexibility index (Phi) is 8.67. The summed E-state index contributed by atoms with van der Waals surface area (Å²) >= 11 is 0. The van der Waals surface area contributed by atoms with Crippen LogP contribution in [0, 0.1) is 17.8 Å². The molecular weight excluding hydrogens is 518 g/mol. The van der Waals surface area contributed by atoms with Gasteiger partial charge in [-0.25, -0.2) is 0 Å². The number of aliphatic hydroxyl groups excluding tert-OH is 2. The number of amides is 2. The fourth-order valence-electron chi connectivity index (χ4n) is 6.10. The quantitative estimate of drug-likeness (QED) is 0.237. The minimum Gasteiger partial charge on any atom is -0.508 e. The average molecular weight is 554 g/mol. The largest absolute Gasteiger partial charge is 0.508 e. The summed E-state index contributed by atoms with van der Waals surface area (Å²) < 4.78 is 6.06. The van der Waals surface area contributed by atoms with E-state index in [0.29, 0.717) is 29.9 Å². The van der Waals surface area contributed by atoms with E-state index in [2.05, 4.69) is 0 Å². The molecule has 7 nitrogen and oxygen atoms in total. The number of fused-ring (bicyclic) bond motifs is 1. The lowest BCUT2D eigenvalue weighted by molar-refractivity contribution is -0.123. The molecule has 41 heavy (non-hydrogen) atoms. The van der Waals surface area contributed by atoms with Gasteiger partial charge in [0.25, 0.3) is 0 Å². The van der Waals surface area contributed by atoms with E-state index in [4.69, 9.17) is 4.74 Å². The molecule has 1 fully saturated rings. The summed E-state index contributed by atoms with van der Waals surface area (Å²) in [4.78, 5) is 28.5. The lowest BCUT2D eigenvalue weighted by atomic mass is 9.68. The van der Waals surface area contributed by atoms with Crippen molar-refractivity contribution in [2.24, 2.45) is 17.8 Å². The molecule has 3 aromatic carbocycles. The Bertz CT molecular complexity index is 1450. The maximum Gasteiger partial charge on any atom is 0.238 e. The highest BCUT2D eigenvalue weighted by Gasteiger charge is 2.55. The van der Waals surface area contributed by atoms with E-state index in [1.54, 1.807) is 42.5 Å². The average Bonchev–Trinajstić information content (AvgIpc) is 3.23. The summed E-state index contributed by atoms with van der Waals surface area (Å²) in [7, 11) is 0. The standard InChI is InChI=1S/C34H35NO6/c1-22(17-23-9-8-12-26(37)18-23)15-16-30(38)31-24(21-41-27-13-6-3-7-14-27)19-28-32(29(31)20-36)34(40)35(33(28)39)25-10-4-2-5-11-25/h2-14,17-18,28-30,32,36-38H,15-16,19-21H2,1H3/b22-17+/t28-,29+,30-,32-/m1/s1. The van der Waals surface area contributed by atoms with Gasteiger partial charge in [-0.2, -0.15) is 0 Å². The molecule has 0 spiro atoms. The van der Waals surface area contributed by atoms with Gasteiger partial charge < -0.3 is 20.1 Å². The smallest absolute Gasteiger partial charge is 0.238 e. The summed E-state index contributed by atoms with van der Waals surface area (Å²) in [5.41, 5.74) is 3.70. The van der Waals surface area contributed by atoms with Gasteiger partial charge >= 0.3 is 0 Å². The minimum absolute atomic E-state index is 0.140. The maximum absolute atomic E-state index is 13.7. The Morgan fingerprint density at radius 1 is 1.00 bits per heavy atom. The van der Waals surface area contributed by atoms with Crippen molar-refractivity contribution in [1.29, 1.82) is 0 Å². The second kappa shape index (κ2) is 12.5. The number of hydrogen-bond acceptors (Lipinski definition) is 6. The summed E-state index contributed by atoms with van der Waals surface area (Å²) in [5, 5.41) is 31.9. The van der Waals surface area contributed by atoms with Gasteiger partial charge in [0.15, 0.2) is 0 Å². The zero-order valence-corrected chi connectivity index (χ0v) is 23.0. The second-order valence-electron chi connectivity index (χ2n) is 10.8. The van der Waals surface area contributed by atoms with Gasteiger partial charge in [-0.05, 0) is 79.3 Å². The Hall–Kier alpha value is -4.20. The fraction of sp³-hybridized carbons (Fsp3) is 0.294. The number of hydrogen-bond donors (Lipinski definition) is 3. The number of anilines is 1. The molecule has 3 N–H and O–H groups in total. The van der Waals surface area contributed by atoms with E-state index in [1.165, 1.54) is 4.90 Å². The van der Waals surface area contributed by atoms with Crippen LogP contribution in [0.4, 0.5) is 5.69 Å². The van der Waals surface area contributed by atoms with E-state index in [0.717, 1.165) is 16.7 Å². The topological polar surface area (TPSA) is 107 Å². The molecule has 5 rings (SSSR count). The molecular formula is C34H35NO6. The van der Waals surface area contributed by atoms with Crippen LogP contribution < -0.4 is 9.64 Å². The highest BCUT2D eigenvalue weighted by atomic mass is 16.5. The Morgan fingerprint density at radius 2 is 1.71 bits per heavy atom. The van der Waals surface area contributed by atoms with E-state index in [1.807, 2.05) is 55.5 Å². The SMILES string of the molecule is C/C(=C\c1cccc(O)c1)CC[C@@H](O)C1=C(COc2ccccc2)C[C@H]2C(=O)N(c3ccccc3)C(=O)[C@H]2[C@H]1CO. The summed E-state index contributed by atoms with van der Waals surface area (Å²) in [5.74, 6) is -1.92. The van der Waals surface area contributed by atoms with Gasteiger partial charge in [0, 0.05) is 5.92 Å². The van der Waals surface area contributed by atoms with Gasteiger partial charge in [-0.1, -0.05) is 60.2 Å². The van der Waals surface area contributed by atoms with E-state index in [9.17, 15) is 24.9 Å². The second-order valence-corrected chi connectivity index (χ2v) is 10.8. The summed E-state index contributed by atoms with van der Waals surface area (Å²) in [6, 6.07) is 25.1. The first-order valence-electron chi connectivity index (χ1n) is 13.9. The molecule has 3 aromatic rings. The molecule has 1 heterocycles. The molecule has 2 aliphatic rings. The lowest BCUT2D eigenvalue weighted by Crippen LogP contribution is -2.40. The highest BCUT2D eigenvalue weighted by Crippen LogP contribution is 2.47. The van der Waals surface area contributed by atoms with Crippen LogP contribution in [0.3, 0.4) is 0 Å². The molecule has 1 saturated heterocycles. The van der Waals surface area contributed by atoms with Gasteiger partial charge in [0.05, 0.1) is 30.2 Å². The van der Waals surface area contributed by atoms with Gasteiger partial charge in [-0.15, -0.1) is 0 Å². The number of para-hydroxylation sites is 2. The third-order valence-electron chi connectivity index (χ3n) is 8.01. The van der Waals surface area contributed by atoms with Crippen molar-refractivity contribution in [2.75, 3.05) is 18.1 Å². The number of carbonyl (C=O) groups excluding carboxylic acids is 2. The first-order valence-corrected chi connectivity index (χ1v) is 13.9. The van der Waals surface area contributed by atoms with Gasteiger partial charge in [0.1, 0.15) is 18.1 Å². The zero-order chi connectivity index (χ0) is 28.9. The maximum atomic E-state index is 13.7. The number of phenols is 1. The van der Waals surface area contributed by atoms with Gasteiger partial charge in [0.2, 0.25) is 11.8 Å². The highest BCUT2D eigenvalue weighted by molar-refractivity contribution is 6.22. The lowest BCUT2D eigenvalue weighted by Gasteiger charge is -2.36. The molecule has 1 aliphatic heterocycles. The van der Waals surface area contributed by atoms with Crippen molar-refractivity contribution in [2.45, 2.75) is 32.3 Å². The number of phenolic OH excluding ortho intramolecular Hbond substituents is 1. The Labute approximate surface area is 240 Å². The van der Waals surface area contributed by atoms with E-state index >= 15 is 0 Å². The van der Waals surface area contributed by atoms with Crippen LogP contribution in [-0.4, -0.2) is 46.5 Å². The predicted molar refractivity (Wildman–Crippen MR) is 157 cm³/mol. The van der Waals surface area contributed by atoms with E-state index < -0.39 is 23.9 Å². The predicted octanol–water partition coefficient (Wildman–Crippen LogP) is 5.13. The molecule has 212 valence electrons. The number of carbonyl (C=O) groups is 2. The Morgan fingerprint density at radius 3 is 2.39 bits per heavy atom. The van der Waals surface area contributed by atoms with Crippen LogP contribution >= 0.6 is 0 Å². The van der Waals surface area contributed by atoms with Crippen molar-refractivity contribution in [3.63, 3.8) is 0 Å². The first-order chi connectivity index (χ1) is 19.9. The number of allylic oxidation sites excluding steroid dienone is 1. The number of aliphatic hydroxyl groups is 2. The van der Waals surface area contributed by atoms with Crippen molar-refractivity contribution in [3.8, 4) is 11.5 Å². The number of aromatic hydroxyl groups is 1. The zero-order valence-electron chi connectivity index (χ0n) is 23.0. The van der Waals surface area contributed by atoms with Crippen LogP contribution in [0.25, 0.3) is 6.08 Å². The monoisotopic (exact) mass is 553 g/mol. The van der Waals surface area contributed by atoms with Crippen LogP contribution in [0.1, 0.15) is 31.7 Å². The molecule has 4 atom stereocenters. The number of benzene rings is 3. The minimum atomic E-state index is -0.941. The van der Waals surface area contributed by atoms with Crippen LogP contribution in [0.2, 0.25) is 0 Å². The number of nitrogens with zero attached hydrogens (tertiary/aromatic N) is 1. The third kappa shape index (κ3) is 6.11. The molecule has 2 amide bonds. The van der Waals surface area contributed by atoms with Crippen LogP contribution in [0.5, 0.6) is 11.5 Å². The summed E-state index contributed by atoms with van der Waals surface area (Å²) in [6.07, 6.45) is 2.21. The van der Waals surface area contributed by atoms with Crippen molar-refractivity contribution < 1.29 is 29.6 Å². The fourth-order valence-corrected chi connectivity index (χ4v) is 6.10. The molecule has 0 unspecified atom stereocenters. The van der Waals surface area contributed by atoms with Crippen molar-refractivity contribution in [1.82, 2.24) is 0 Å². The Balaban J connectivity index is 1.43. The van der Waals surface area contributed by atoms with Crippen molar-refractivity contribution >= 4 is 23.6 Å². The van der Waals surface area contributed by atoms with Crippen molar-refractivity contribution in [3.05, 3.63) is 107 Å². The molecule has 0 saturated carbocycles. The third-order valence-corrected chi connectivity index (χ3v) is 8.01. The summed E-state index contributed by atoms with van der Waals surface area (Å²) in [6.45, 7) is 1.73. The number of rotatable bonds is 10. The molecule has 0 bridgehead atoms. The molecule has 0 radical (unpaired) electrons. The van der Waals surface area contributed by atoms with Gasteiger partial charge in [-0.3, -0.25) is 14.5 Å². The molecule has 0 aromatic heterocycles. The normalized spacial score (nSPS) is 21.7. The van der Waals surface area contributed by atoms with Crippen LogP contribution in [-0.2, 0) is 9.59 Å². The van der Waals surface area contributed by atoms with Crippen LogP contribution in [0.15, 0.2) is 102 Å². The number of ether oxygens (including phenoxy) is 1. The molecule has 1 aliphatic carbocycles. The first kappa shape index (κ1) is 28.3. The molecule has 7 heteroatoms.